The fraction of sp³-hybridized carbons (Fsp3) is 0.200. The molecule has 0 N–H and O–H groups in total. The first kappa shape index (κ1) is 16.8. The maximum Gasteiger partial charge on any atom is 0.374 e. The summed E-state index contributed by atoms with van der Waals surface area (Å²) < 4.78 is 16.2. The highest BCUT2D eigenvalue weighted by atomic mass is 16.6. The van der Waals surface area contributed by atoms with Gasteiger partial charge >= 0.3 is 5.97 Å². The first-order valence-corrected chi connectivity index (χ1v) is 7.94. The average molecular weight is 338 g/mol. The van der Waals surface area contributed by atoms with Gasteiger partial charge in [-0.05, 0) is 37.6 Å². The van der Waals surface area contributed by atoms with Crippen molar-refractivity contribution in [3.63, 3.8) is 0 Å². The Labute approximate surface area is 144 Å². The van der Waals surface area contributed by atoms with Gasteiger partial charge in [0.1, 0.15) is 24.5 Å². The summed E-state index contributed by atoms with van der Waals surface area (Å²) in [5.41, 5.74) is 2.04. The third-order valence-electron chi connectivity index (χ3n) is 3.75. The van der Waals surface area contributed by atoms with Crippen molar-refractivity contribution >= 4 is 16.9 Å². The maximum atomic E-state index is 12.1. The highest BCUT2D eigenvalue weighted by molar-refractivity contribution is 5.89. The lowest BCUT2D eigenvalue weighted by atomic mass is 10.1. The van der Waals surface area contributed by atoms with Crippen LogP contribution >= 0.6 is 0 Å². The summed E-state index contributed by atoms with van der Waals surface area (Å²) in [6.07, 6.45) is 0. The van der Waals surface area contributed by atoms with E-state index in [1.807, 2.05) is 44.2 Å². The Morgan fingerprint density at radius 1 is 1.04 bits per heavy atom. The molecular formula is C20H18O5. The summed E-state index contributed by atoms with van der Waals surface area (Å²) in [5, 5.41) is 0.444. The fourth-order valence-corrected chi connectivity index (χ4v) is 2.45. The summed E-state index contributed by atoms with van der Waals surface area (Å²) in [6, 6.07) is 14.0. The highest BCUT2D eigenvalue weighted by Gasteiger charge is 2.14. The molecule has 0 aliphatic heterocycles. The molecule has 0 fully saturated rings. The zero-order valence-electron chi connectivity index (χ0n) is 14.1. The molecule has 0 amide bonds. The number of rotatable bonds is 5. The van der Waals surface area contributed by atoms with E-state index in [9.17, 15) is 9.59 Å². The number of hydrogen-bond donors (Lipinski definition) is 0. The number of ether oxygens (including phenoxy) is 2. The van der Waals surface area contributed by atoms with Gasteiger partial charge in [-0.1, -0.05) is 29.8 Å². The average Bonchev–Trinajstić information content (AvgIpc) is 2.60. The molecule has 0 saturated carbocycles. The van der Waals surface area contributed by atoms with E-state index in [4.69, 9.17) is 13.9 Å². The van der Waals surface area contributed by atoms with E-state index in [2.05, 4.69) is 0 Å². The maximum absolute atomic E-state index is 12.1. The number of aryl methyl sites for hydroxylation is 2. The van der Waals surface area contributed by atoms with Gasteiger partial charge in [0.05, 0.1) is 5.39 Å². The van der Waals surface area contributed by atoms with Gasteiger partial charge in [-0.3, -0.25) is 4.79 Å². The Hall–Kier alpha value is -3.08. The second-order valence-electron chi connectivity index (χ2n) is 5.72. The number of fused-ring (bicyclic) bond motifs is 1. The molecule has 0 spiro atoms. The molecule has 3 aromatic rings. The summed E-state index contributed by atoms with van der Waals surface area (Å²) in [7, 11) is 0. The summed E-state index contributed by atoms with van der Waals surface area (Å²) in [4.78, 5) is 24.2. The molecule has 128 valence electrons. The molecular weight excluding hydrogens is 320 g/mol. The minimum absolute atomic E-state index is 0.0583. The van der Waals surface area contributed by atoms with E-state index in [-0.39, 0.29) is 24.4 Å². The van der Waals surface area contributed by atoms with E-state index in [1.165, 1.54) is 0 Å². The molecule has 5 nitrogen and oxygen atoms in total. The predicted octanol–water partition coefficient (Wildman–Crippen LogP) is 3.65. The first-order chi connectivity index (χ1) is 12.0. The van der Waals surface area contributed by atoms with Gasteiger partial charge in [0.25, 0.3) is 0 Å². The predicted molar refractivity (Wildman–Crippen MR) is 94.2 cm³/mol. The lowest BCUT2D eigenvalue weighted by Gasteiger charge is -2.09. The van der Waals surface area contributed by atoms with Crippen molar-refractivity contribution in [1.29, 1.82) is 0 Å². The SMILES string of the molecule is Cc1ccc2oc(C(=O)OCCOc3ccccc3C)cc(=O)c2c1. The molecule has 3 rings (SSSR count). The molecule has 0 radical (unpaired) electrons. The molecule has 25 heavy (non-hydrogen) atoms. The van der Waals surface area contributed by atoms with Crippen molar-refractivity contribution in [2.45, 2.75) is 13.8 Å². The van der Waals surface area contributed by atoms with Crippen LogP contribution in [0.5, 0.6) is 5.75 Å². The zero-order valence-corrected chi connectivity index (χ0v) is 14.1. The Morgan fingerprint density at radius 3 is 2.64 bits per heavy atom. The molecule has 2 aromatic carbocycles. The Morgan fingerprint density at radius 2 is 1.84 bits per heavy atom. The van der Waals surface area contributed by atoms with Crippen LogP contribution < -0.4 is 10.2 Å². The van der Waals surface area contributed by atoms with E-state index >= 15 is 0 Å². The van der Waals surface area contributed by atoms with Crippen LogP contribution in [0.25, 0.3) is 11.0 Å². The minimum Gasteiger partial charge on any atom is -0.490 e. The molecule has 0 bridgehead atoms. The Balaban J connectivity index is 1.63. The molecule has 5 heteroatoms. The van der Waals surface area contributed by atoms with Crippen LogP contribution in [-0.2, 0) is 4.74 Å². The normalized spacial score (nSPS) is 10.6. The first-order valence-electron chi connectivity index (χ1n) is 7.94. The van der Waals surface area contributed by atoms with E-state index in [0.717, 1.165) is 22.9 Å². The smallest absolute Gasteiger partial charge is 0.374 e. The summed E-state index contributed by atoms with van der Waals surface area (Å²) >= 11 is 0. The third kappa shape index (κ3) is 3.88. The van der Waals surface area contributed by atoms with Crippen molar-refractivity contribution in [3.8, 4) is 5.75 Å². The van der Waals surface area contributed by atoms with Crippen molar-refractivity contribution < 1.29 is 18.7 Å². The second-order valence-corrected chi connectivity index (χ2v) is 5.72. The van der Waals surface area contributed by atoms with Crippen LogP contribution in [0.4, 0.5) is 0 Å². The van der Waals surface area contributed by atoms with E-state index < -0.39 is 5.97 Å². The van der Waals surface area contributed by atoms with Crippen molar-refractivity contribution in [3.05, 3.63) is 75.6 Å². The monoisotopic (exact) mass is 338 g/mol. The molecule has 0 atom stereocenters. The number of benzene rings is 2. The van der Waals surface area contributed by atoms with E-state index in [1.54, 1.807) is 12.1 Å². The fourth-order valence-electron chi connectivity index (χ4n) is 2.45. The lowest BCUT2D eigenvalue weighted by Crippen LogP contribution is -2.14. The molecule has 0 aliphatic rings. The van der Waals surface area contributed by atoms with Gasteiger partial charge < -0.3 is 13.9 Å². The largest absolute Gasteiger partial charge is 0.490 e. The number of para-hydroxylation sites is 1. The number of carbonyl (C=O) groups excluding carboxylic acids is 1. The van der Waals surface area contributed by atoms with Crippen LogP contribution in [0, 0.1) is 13.8 Å². The highest BCUT2D eigenvalue weighted by Crippen LogP contribution is 2.16. The standard InChI is InChI=1S/C20H18O5/c1-13-7-8-18-15(11-13)16(21)12-19(25-18)20(22)24-10-9-23-17-6-4-3-5-14(17)2/h3-8,11-12H,9-10H2,1-2H3. The molecule has 1 aromatic heterocycles. The number of carbonyl (C=O) groups is 1. The van der Waals surface area contributed by atoms with Gasteiger partial charge in [-0.15, -0.1) is 0 Å². The topological polar surface area (TPSA) is 65.7 Å². The number of esters is 1. The molecule has 0 saturated heterocycles. The van der Waals surface area contributed by atoms with Crippen molar-refractivity contribution in [2.75, 3.05) is 13.2 Å². The van der Waals surface area contributed by atoms with Crippen LogP contribution in [0.3, 0.4) is 0 Å². The molecule has 0 unspecified atom stereocenters. The summed E-state index contributed by atoms with van der Waals surface area (Å²) in [5.74, 6) is -0.0589. The van der Waals surface area contributed by atoms with Gasteiger partial charge in [0.2, 0.25) is 5.76 Å². The Kier molecular flexibility index (Phi) is 4.84. The minimum atomic E-state index is -0.687. The van der Waals surface area contributed by atoms with Crippen LogP contribution in [0.1, 0.15) is 21.7 Å². The quantitative estimate of drug-likeness (QED) is 0.525. The van der Waals surface area contributed by atoms with Crippen LogP contribution in [0.2, 0.25) is 0 Å². The van der Waals surface area contributed by atoms with Gasteiger partial charge in [0, 0.05) is 6.07 Å². The van der Waals surface area contributed by atoms with E-state index in [0.29, 0.717) is 11.0 Å². The lowest BCUT2D eigenvalue weighted by molar-refractivity contribution is 0.0415. The van der Waals surface area contributed by atoms with Gasteiger partial charge in [-0.25, -0.2) is 4.79 Å². The third-order valence-corrected chi connectivity index (χ3v) is 3.75. The van der Waals surface area contributed by atoms with Crippen molar-refractivity contribution in [1.82, 2.24) is 0 Å². The molecule has 0 aliphatic carbocycles. The van der Waals surface area contributed by atoms with Gasteiger partial charge in [-0.2, -0.15) is 0 Å². The second kappa shape index (κ2) is 7.21. The van der Waals surface area contributed by atoms with Gasteiger partial charge in [0.15, 0.2) is 5.43 Å². The van der Waals surface area contributed by atoms with Crippen LogP contribution in [0.15, 0.2) is 57.7 Å². The Bertz CT molecular complexity index is 971. The summed E-state index contributed by atoms with van der Waals surface area (Å²) in [6.45, 7) is 4.10. The number of hydrogen-bond acceptors (Lipinski definition) is 5. The van der Waals surface area contributed by atoms with Crippen LogP contribution in [-0.4, -0.2) is 19.2 Å². The zero-order chi connectivity index (χ0) is 17.8. The molecule has 1 heterocycles. The van der Waals surface area contributed by atoms with Crippen molar-refractivity contribution in [2.24, 2.45) is 0 Å².